The fraction of sp³-hybridized carbons (Fsp3) is 0.750. The first kappa shape index (κ1) is 14.6. The number of nitrogens with zero attached hydrogens (tertiary/aromatic N) is 3. The van der Waals surface area contributed by atoms with E-state index in [4.69, 9.17) is 0 Å². The Kier molecular flexibility index (Phi) is 4.02. The van der Waals surface area contributed by atoms with Gasteiger partial charge in [0.2, 0.25) is 5.91 Å². The summed E-state index contributed by atoms with van der Waals surface area (Å²) in [5, 5.41) is 3.17. The zero-order valence-corrected chi connectivity index (χ0v) is 13.1. The van der Waals surface area contributed by atoms with E-state index >= 15 is 0 Å². The van der Waals surface area contributed by atoms with Crippen molar-refractivity contribution in [3.05, 3.63) is 18.2 Å². The first-order valence-electron chi connectivity index (χ1n) is 8.03. The molecule has 0 spiro atoms. The van der Waals surface area contributed by atoms with Gasteiger partial charge in [0.25, 0.3) is 0 Å². The monoisotopic (exact) mass is 290 g/mol. The molecule has 1 amide bonds. The van der Waals surface area contributed by atoms with Crippen LogP contribution < -0.4 is 5.32 Å². The zero-order chi connectivity index (χ0) is 14.9. The van der Waals surface area contributed by atoms with Crippen LogP contribution in [0.5, 0.6) is 0 Å². The minimum absolute atomic E-state index is 0.211. The normalized spacial score (nSPS) is 24.2. The summed E-state index contributed by atoms with van der Waals surface area (Å²) in [4.78, 5) is 18.7. The molecule has 5 nitrogen and oxygen atoms in total. The lowest BCUT2D eigenvalue weighted by Crippen LogP contribution is -2.36. The van der Waals surface area contributed by atoms with Gasteiger partial charge in [-0.15, -0.1) is 0 Å². The molecule has 3 rings (SSSR count). The Morgan fingerprint density at radius 2 is 2.33 bits per heavy atom. The van der Waals surface area contributed by atoms with Crippen molar-refractivity contribution in [2.24, 2.45) is 5.41 Å². The second-order valence-electron chi connectivity index (χ2n) is 6.86. The summed E-state index contributed by atoms with van der Waals surface area (Å²) < 4.78 is 2.20. The van der Waals surface area contributed by atoms with E-state index in [0.717, 1.165) is 31.9 Å². The Labute approximate surface area is 126 Å². The van der Waals surface area contributed by atoms with Crippen LogP contribution in [0.3, 0.4) is 0 Å². The number of imidazole rings is 1. The van der Waals surface area contributed by atoms with Crippen LogP contribution in [0.25, 0.3) is 0 Å². The molecule has 0 radical (unpaired) electrons. The molecule has 1 aliphatic heterocycles. The summed E-state index contributed by atoms with van der Waals surface area (Å²) in [6, 6.07) is 0.441. The van der Waals surface area contributed by atoms with Gasteiger partial charge in [-0.1, -0.05) is 0 Å². The topological polar surface area (TPSA) is 50.2 Å². The van der Waals surface area contributed by atoms with Crippen LogP contribution in [0.2, 0.25) is 0 Å². The number of hydrogen-bond donors (Lipinski definition) is 1. The van der Waals surface area contributed by atoms with Crippen molar-refractivity contribution in [1.82, 2.24) is 19.8 Å². The molecule has 5 heteroatoms. The quantitative estimate of drug-likeness (QED) is 0.865. The van der Waals surface area contributed by atoms with Crippen LogP contribution in [0.15, 0.2) is 12.4 Å². The van der Waals surface area contributed by atoms with Gasteiger partial charge in [-0.3, -0.25) is 4.79 Å². The standard InChI is InChI=1S/C16H26N4O/c1-13-17-7-9-20(13)12-16(5-6-16)11-18-15(21)10-14-4-3-8-19(14)2/h7,9,14H,3-6,8,10-12H2,1-2H3,(H,18,21)/t14-/m0/s1. The van der Waals surface area contributed by atoms with Crippen molar-refractivity contribution in [3.63, 3.8) is 0 Å². The number of aromatic nitrogens is 2. The molecular formula is C16H26N4O. The average Bonchev–Trinajstić information content (AvgIpc) is 2.94. The van der Waals surface area contributed by atoms with E-state index in [1.807, 2.05) is 19.3 Å². The van der Waals surface area contributed by atoms with E-state index < -0.39 is 0 Å². The van der Waals surface area contributed by atoms with Crippen molar-refractivity contribution in [2.45, 2.75) is 51.6 Å². The van der Waals surface area contributed by atoms with Gasteiger partial charge in [-0.05, 0) is 46.2 Å². The first-order chi connectivity index (χ1) is 10.1. The summed E-state index contributed by atoms with van der Waals surface area (Å²) in [5.74, 6) is 1.27. The molecule has 1 N–H and O–H groups in total. The smallest absolute Gasteiger partial charge is 0.221 e. The van der Waals surface area contributed by atoms with Crippen LogP contribution in [0, 0.1) is 12.3 Å². The van der Waals surface area contributed by atoms with Crippen LogP contribution in [0.1, 0.15) is 37.9 Å². The maximum absolute atomic E-state index is 12.1. The predicted octanol–water partition coefficient (Wildman–Crippen LogP) is 1.57. The lowest BCUT2D eigenvalue weighted by atomic mass is 10.1. The molecule has 2 heterocycles. The highest BCUT2D eigenvalue weighted by Gasteiger charge is 2.43. The van der Waals surface area contributed by atoms with Gasteiger partial charge >= 0.3 is 0 Å². The van der Waals surface area contributed by atoms with Crippen LogP contribution >= 0.6 is 0 Å². The fourth-order valence-corrected chi connectivity index (χ4v) is 3.31. The minimum Gasteiger partial charge on any atom is -0.355 e. The van der Waals surface area contributed by atoms with E-state index in [2.05, 4.69) is 26.8 Å². The van der Waals surface area contributed by atoms with E-state index in [0.29, 0.717) is 12.5 Å². The second kappa shape index (κ2) is 5.79. The lowest BCUT2D eigenvalue weighted by molar-refractivity contribution is -0.122. The molecule has 1 aromatic rings. The third-order valence-corrected chi connectivity index (χ3v) is 5.14. The van der Waals surface area contributed by atoms with Gasteiger partial charge in [0, 0.05) is 43.4 Å². The molecule has 0 aromatic carbocycles. The summed E-state index contributed by atoms with van der Waals surface area (Å²) in [6.45, 7) is 4.94. The summed E-state index contributed by atoms with van der Waals surface area (Å²) in [7, 11) is 2.12. The Hall–Kier alpha value is -1.36. The fourth-order valence-electron chi connectivity index (χ4n) is 3.31. The van der Waals surface area contributed by atoms with Crippen LogP contribution in [-0.2, 0) is 11.3 Å². The molecule has 0 bridgehead atoms. The predicted molar refractivity (Wildman–Crippen MR) is 81.9 cm³/mol. The highest BCUT2D eigenvalue weighted by molar-refractivity contribution is 5.76. The molecule has 1 aliphatic carbocycles. The van der Waals surface area contributed by atoms with Gasteiger partial charge in [0.1, 0.15) is 5.82 Å². The average molecular weight is 290 g/mol. The van der Waals surface area contributed by atoms with Gasteiger partial charge in [-0.2, -0.15) is 0 Å². The maximum atomic E-state index is 12.1. The molecular weight excluding hydrogens is 264 g/mol. The van der Waals surface area contributed by atoms with Crippen molar-refractivity contribution >= 4 is 5.91 Å². The lowest BCUT2D eigenvalue weighted by Gasteiger charge is -2.21. The molecule has 1 saturated heterocycles. The number of likely N-dealkylation sites (tertiary alicyclic amines) is 1. The first-order valence-corrected chi connectivity index (χ1v) is 8.03. The van der Waals surface area contributed by atoms with E-state index in [1.54, 1.807) is 0 Å². The third kappa shape index (κ3) is 3.46. The Morgan fingerprint density at radius 3 is 2.90 bits per heavy atom. The highest BCUT2D eigenvalue weighted by Crippen LogP contribution is 2.46. The maximum Gasteiger partial charge on any atom is 0.221 e. The molecule has 1 saturated carbocycles. The number of aryl methyl sites for hydroxylation is 1. The van der Waals surface area contributed by atoms with Gasteiger partial charge in [0.05, 0.1) is 0 Å². The zero-order valence-electron chi connectivity index (χ0n) is 13.1. The van der Waals surface area contributed by atoms with Crippen molar-refractivity contribution in [3.8, 4) is 0 Å². The van der Waals surface area contributed by atoms with Crippen molar-refractivity contribution in [2.75, 3.05) is 20.1 Å². The van der Waals surface area contributed by atoms with Crippen LogP contribution in [-0.4, -0.2) is 46.5 Å². The Morgan fingerprint density at radius 1 is 1.52 bits per heavy atom. The molecule has 1 atom stereocenters. The van der Waals surface area contributed by atoms with Crippen LogP contribution in [0.4, 0.5) is 0 Å². The number of rotatable bonds is 6. The molecule has 1 aromatic heterocycles. The summed E-state index contributed by atoms with van der Waals surface area (Å²) in [5.41, 5.74) is 0.267. The number of carbonyl (C=O) groups excluding carboxylic acids is 1. The Bertz CT molecular complexity index is 506. The largest absolute Gasteiger partial charge is 0.355 e. The van der Waals surface area contributed by atoms with E-state index in [9.17, 15) is 4.79 Å². The molecule has 0 unspecified atom stereocenters. The third-order valence-electron chi connectivity index (χ3n) is 5.14. The van der Waals surface area contributed by atoms with E-state index in [-0.39, 0.29) is 11.3 Å². The number of carbonyl (C=O) groups is 1. The van der Waals surface area contributed by atoms with E-state index in [1.165, 1.54) is 19.3 Å². The van der Waals surface area contributed by atoms with Gasteiger partial charge in [-0.25, -0.2) is 4.98 Å². The Balaban J connectivity index is 1.46. The highest BCUT2D eigenvalue weighted by atomic mass is 16.1. The van der Waals surface area contributed by atoms with Crippen molar-refractivity contribution in [1.29, 1.82) is 0 Å². The molecule has 2 aliphatic rings. The molecule has 116 valence electrons. The SMILES string of the molecule is Cc1nccn1CC1(CNC(=O)C[C@@H]2CCCN2C)CC1. The molecule has 21 heavy (non-hydrogen) atoms. The van der Waals surface area contributed by atoms with Gasteiger partial charge < -0.3 is 14.8 Å². The minimum atomic E-state index is 0.211. The summed E-state index contributed by atoms with van der Waals surface area (Å²) >= 11 is 0. The molecule has 2 fully saturated rings. The number of hydrogen-bond acceptors (Lipinski definition) is 3. The van der Waals surface area contributed by atoms with Gasteiger partial charge in [0.15, 0.2) is 0 Å². The number of amides is 1. The summed E-state index contributed by atoms with van der Waals surface area (Å²) in [6.07, 6.45) is 9.31. The number of nitrogens with one attached hydrogen (secondary N) is 1. The second-order valence-corrected chi connectivity index (χ2v) is 6.86. The van der Waals surface area contributed by atoms with Crippen molar-refractivity contribution < 1.29 is 4.79 Å².